The molecular weight excluding hydrogens is 198 g/mol. The van der Waals surface area contributed by atoms with Gasteiger partial charge < -0.3 is 4.98 Å². The second-order valence-corrected chi connectivity index (χ2v) is 2.83. The van der Waals surface area contributed by atoms with Crippen LogP contribution in [0.2, 0.25) is 0 Å². The number of hydrogen-bond donors (Lipinski definition) is 1. The van der Waals surface area contributed by atoms with Crippen molar-refractivity contribution < 1.29 is 4.79 Å². The smallest absolute Gasteiger partial charge is 0.302 e. The number of aromatic amines is 1. The minimum Gasteiger partial charge on any atom is -0.302 e. The Morgan fingerprint density at radius 1 is 1.33 bits per heavy atom. The number of H-pyrrole nitrogens is 1. The molecule has 0 saturated heterocycles. The van der Waals surface area contributed by atoms with E-state index in [-0.39, 0.29) is 5.82 Å². The third-order valence-electron chi connectivity index (χ3n) is 1.90. The van der Waals surface area contributed by atoms with Gasteiger partial charge in [0.15, 0.2) is 0 Å². The number of nitrogens with zero attached hydrogens (tertiary/aromatic N) is 2. The standard InChI is InChI=1S/C9H5N3O3/c13-8-5-3-1-2-4-6(5)10-7(11-8)9(14)12-15/h1-4H,(H,10,11,13). The number of aromatic nitrogens is 2. The molecule has 74 valence electrons. The fourth-order valence-electron chi connectivity index (χ4n) is 1.23. The molecule has 1 amide bonds. The Morgan fingerprint density at radius 2 is 2.07 bits per heavy atom. The van der Waals surface area contributed by atoms with Gasteiger partial charge in [-0.25, -0.2) is 4.98 Å². The van der Waals surface area contributed by atoms with Crippen molar-refractivity contribution >= 4 is 16.8 Å². The molecule has 2 aromatic rings. The second kappa shape index (κ2) is 3.41. The summed E-state index contributed by atoms with van der Waals surface area (Å²) in [5.41, 5.74) is -0.110. The zero-order valence-electron chi connectivity index (χ0n) is 7.43. The van der Waals surface area contributed by atoms with Gasteiger partial charge in [0.1, 0.15) is 0 Å². The van der Waals surface area contributed by atoms with Crippen LogP contribution in [0.25, 0.3) is 10.9 Å². The van der Waals surface area contributed by atoms with Gasteiger partial charge in [-0.2, -0.15) is 0 Å². The van der Waals surface area contributed by atoms with E-state index in [1.54, 1.807) is 24.3 Å². The van der Waals surface area contributed by atoms with Gasteiger partial charge in [0.05, 0.1) is 10.9 Å². The lowest BCUT2D eigenvalue weighted by Gasteiger charge is -1.96. The molecule has 1 N–H and O–H groups in total. The number of nitroso groups, excluding NO2 is 1. The third kappa shape index (κ3) is 1.52. The Bertz CT molecular complexity index is 603. The summed E-state index contributed by atoms with van der Waals surface area (Å²) in [6.45, 7) is 0. The van der Waals surface area contributed by atoms with Crippen LogP contribution in [-0.4, -0.2) is 15.9 Å². The maximum absolute atomic E-state index is 11.4. The van der Waals surface area contributed by atoms with Crippen molar-refractivity contribution in [2.45, 2.75) is 0 Å². The lowest BCUT2D eigenvalue weighted by molar-refractivity contribution is 0.0991. The van der Waals surface area contributed by atoms with Crippen molar-refractivity contribution in [1.82, 2.24) is 9.97 Å². The molecule has 15 heavy (non-hydrogen) atoms. The Balaban J connectivity index is 2.78. The molecule has 1 aromatic carbocycles. The average molecular weight is 203 g/mol. The van der Waals surface area contributed by atoms with Crippen LogP contribution in [0.15, 0.2) is 34.2 Å². The fraction of sp³-hybridized carbons (Fsp3) is 0. The van der Waals surface area contributed by atoms with Gasteiger partial charge in [0.2, 0.25) is 5.82 Å². The lowest BCUT2D eigenvalue weighted by atomic mass is 10.2. The molecule has 0 fully saturated rings. The van der Waals surface area contributed by atoms with E-state index >= 15 is 0 Å². The van der Waals surface area contributed by atoms with E-state index in [2.05, 4.69) is 15.1 Å². The number of carbonyl (C=O) groups is 1. The molecule has 0 aliphatic heterocycles. The summed E-state index contributed by atoms with van der Waals surface area (Å²) in [7, 11) is 0. The third-order valence-corrected chi connectivity index (χ3v) is 1.90. The number of rotatable bonds is 1. The number of benzene rings is 1. The fourth-order valence-corrected chi connectivity index (χ4v) is 1.23. The summed E-state index contributed by atoms with van der Waals surface area (Å²) in [5, 5.41) is 2.55. The number of amides is 1. The van der Waals surface area contributed by atoms with E-state index in [1.165, 1.54) is 0 Å². The molecule has 0 saturated carbocycles. The number of fused-ring (bicyclic) bond motifs is 1. The van der Waals surface area contributed by atoms with E-state index in [0.29, 0.717) is 10.9 Å². The van der Waals surface area contributed by atoms with Gasteiger partial charge in [-0.1, -0.05) is 12.1 Å². The molecule has 0 atom stereocenters. The molecule has 1 heterocycles. The van der Waals surface area contributed by atoms with E-state index in [0.717, 1.165) is 0 Å². The van der Waals surface area contributed by atoms with Crippen molar-refractivity contribution in [2.75, 3.05) is 0 Å². The average Bonchev–Trinajstić information content (AvgIpc) is 2.28. The number of para-hydroxylation sites is 1. The molecule has 0 aliphatic rings. The van der Waals surface area contributed by atoms with E-state index < -0.39 is 11.5 Å². The lowest BCUT2D eigenvalue weighted by Crippen LogP contribution is -2.14. The minimum atomic E-state index is -1.09. The molecule has 6 nitrogen and oxygen atoms in total. The number of nitrogens with one attached hydrogen (secondary N) is 1. The van der Waals surface area contributed by atoms with Crippen LogP contribution in [0.3, 0.4) is 0 Å². The summed E-state index contributed by atoms with van der Waals surface area (Å²) in [5.74, 6) is -1.42. The largest absolute Gasteiger partial charge is 0.351 e. The van der Waals surface area contributed by atoms with Crippen LogP contribution in [0.1, 0.15) is 10.6 Å². The highest BCUT2D eigenvalue weighted by Crippen LogP contribution is 2.05. The van der Waals surface area contributed by atoms with Crippen LogP contribution in [0.5, 0.6) is 0 Å². The van der Waals surface area contributed by atoms with Crippen LogP contribution in [0.4, 0.5) is 0 Å². The number of hydrogen-bond acceptors (Lipinski definition) is 4. The molecule has 0 radical (unpaired) electrons. The zero-order valence-corrected chi connectivity index (χ0v) is 7.43. The maximum atomic E-state index is 11.4. The van der Waals surface area contributed by atoms with Gasteiger partial charge in [-0.15, -0.1) is 4.91 Å². The van der Waals surface area contributed by atoms with Crippen molar-refractivity contribution in [3.05, 3.63) is 45.4 Å². The molecule has 0 aliphatic carbocycles. The van der Waals surface area contributed by atoms with Gasteiger partial charge in [0, 0.05) is 5.18 Å². The van der Waals surface area contributed by atoms with Gasteiger partial charge >= 0.3 is 5.91 Å². The Morgan fingerprint density at radius 3 is 2.80 bits per heavy atom. The Labute approximate surface area is 82.9 Å². The predicted molar refractivity (Wildman–Crippen MR) is 52.5 cm³/mol. The highest BCUT2D eigenvalue weighted by molar-refractivity contribution is 5.93. The quantitative estimate of drug-likeness (QED) is 0.694. The second-order valence-electron chi connectivity index (χ2n) is 2.83. The predicted octanol–water partition coefficient (Wildman–Crippen LogP) is 0.830. The van der Waals surface area contributed by atoms with Crippen LogP contribution in [-0.2, 0) is 0 Å². The summed E-state index contributed by atoms with van der Waals surface area (Å²) in [4.78, 5) is 38.3. The van der Waals surface area contributed by atoms with E-state index in [4.69, 9.17) is 0 Å². The van der Waals surface area contributed by atoms with Crippen LogP contribution >= 0.6 is 0 Å². The monoisotopic (exact) mass is 203 g/mol. The first-order valence-electron chi connectivity index (χ1n) is 4.09. The zero-order chi connectivity index (χ0) is 10.8. The van der Waals surface area contributed by atoms with Crippen molar-refractivity contribution in [1.29, 1.82) is 0 Å². The molecule has 0 bridgehead atoms. The van der Waals surface area contributed by atoms with E-state index in [1.807, 2.05) is 0 Å². The van der Waals surface area contributed by atoms with Gasteiger partial charge in [0.25, 0.3) is 5.56 Å². The van der Waals surface area contributed by atoms with Gasteiger partial charge in [-0.3, -0.25) is 9.59 Å². The van der Waals surface area contributed by atoms with Gasteiger partial charge in [-0.05, 0) is 12.1 Å². The first-order chi connectivity index (χ1) is 7.22. The Hall–Kier alpha value is -2.37. The molecule has 0 spiro atoms. The minimum absolute atomic E-state index is 0.339. The molecule has 6 heteroatoms. The first kappa shape index (κ1) is 9.20. The van der Waals surface area contributed by atoms with Crippen molar-refractivity contribution in [3.8, 4) is 0 Å². The summed E-state index contributed by atoms with van der Waals surface area (Å²) in [6, 6.07) is 6.51. The number of carbonyl (C=O) groups excluding carboxylic acids is 1. The van der Waals surface area contributed by atoms with Crippen LogP contribution in [0, 0.1) is 4.91 Å². The molecular formula is C9H5N3O3. The molecule has 1 aromatic heterocycles. The topological polar surface area (TPSA) is 92.2 Å². The van der Waals surface area contributed by atoms with Crippen molar-refractivity contribution in [2.24, 2.45) is 5.18 Å². The SMILES string of the molecule is O=NC(=O)c1nc2ccccc2c(=O)[nH]1. The summed E-state index contributed by atoms with van der Waals surface area (Å²) < 4.78 is 0. The van der Waals surface area contributed by atoms with Crippen molar-refractivity contribution in [3.63, 3.8) is 0 Å². The summed E-state index contributed by atoms with van der Waals surface area (Å²) in [6.07, 6.45) is 0. The Kier molecular flexibility index (Phi) is 2.09. The first-order valence-corrected chi connectivity index (χ1v) is 4.09. The maximum Gasteiger partial charge on any atom is 0.351 e. The molecule has 0 unspecified atom stereocenters. The molecule has 2 rings (SSSR count). The normalized spacial score (nSPS) is 10.1. The van der Waals surface area contributed by atoms with Crippen LogP contribution < -0.4 is 5.56 Å². The highest BCUT2D eigenvalue weighted by atomic mass is 16.3. The van der Waals surface area contributed by atoms with E-state index in [9.17, 15) is 14.5 Å². The highest BCUT2D eigenvalue weighted by Gasteiger charge is 2.10. The summed E-state index contributed by atoms with van der Waals surface area (Å²) >= 11 is 0.